The maximum Gasteiger partial charge on any atom is 0.318 e. The van der Waals surface area contributed by atoms with Crippen molar-refractivity contribution in [2.45, 2.75) is 38.9 Å². The molecule has 0 fully saturated rings. The van der Waals surface area contributed by atoms with Gasteiger partial charge in [0.15, 0.2) is 0 Å². The maximum absolute atomic E-state index is 13.0. The average Bonchev–Trinajstić information content (AvgIpc) is 2.99. The van der Waals surface area contributed by atoms with Crippen LogP contribution in [0, 0.1) is 0 Å². The third-order valence-electron chi connectivity index (χ3n) is 5.42. The number of aromatic nitrogens is 2. The summed E-state index contributed by atoms with van der Waals surface area (Å²) in [6.07, 6.45) is 1.82. The number of urea groups is 1. The molecular weight excluding hydrogens is 362 g/mol. The van der Waals surface area contributed by atoms with Gasteiger partial charge < -0.3 is 15.5 Å². The summed E-state index contributed by atoms with van der Waals surface area (Å²) >= 11 is 0. The zero-order valence-corrected chi connectivity index (χ0v) is 16.9. The van der Waals surface area contributed by atoms with E-state index in [9.17, 15) is 4.79 Å². The number of carbonyl (C=O) groups is 1. The van der Waals surface area contributed by atoms with E-state index < -0.39 is 5.54 Å². The maximum atomic E-state index is 13.0. The Morgan fingerprint density at radius 2 is 1.72 bits per heavy atom. The third-order valence-corrected chi connectivity index (χ3v) is 5.42. The van der Waals surface area contributed by atoms with Gasteiger partial charge in [-0.3, -0.25) is 0 Å². The predicted molar refractivity (Wildman–Crippen MR) is 114 cm³/mol. The number of amides is 2. The molecule has 1 aliphatic rings. The number of nitrogens with zero attached hydrogens (tertiary/aromatic N) is 3. The molecule has 0 radical (unpaired) electrons. The smallest absolute Gasteiger partial charge is 0.318 e. The summed E-state index contributed by atoms with van der Waals surface area (Å²) in [4.78, 5) is 24.0. The van der Waals surface area contributed by atoms with Crippen LogP contribution in [0.25, 0.3) is 0 Å². The summed E-state index contributed by atoms with van der Waals surface area (Å²) in [5.74, 6) is 0.533. The van der Waals surface area contributed by atoms with E-state index in [1.807, 2.05) is 92.5 Å². The minimum atomic E-state index is -0.485. The fourth-order valence-corrected chi connectivity index (χ4v) is 3.67. The Labute approximate surface area is 171 Å². The van der Waals surface area contributed by atoms with Gasteiger partial charge in [-0.2, -0.15) is 0 Å². The Kier molecular flexibility index (Phi) is 4.92. The van der Waals surface area contributed by atoms with Crippen LogP contribution < -0.4 is 10.6 Å². The highest BCUT2D eigenvalue weighted by atomic mass is 16.2. The normalized spacial score (nSPS) is 15.5. The lowest BCUT2D eigenvalue weighted by Crippen LogP contribution is -2.46. The van der Waals surface area contributed by atoms with Crippen molar-refractivity contribution in [3.63, 3.8) is 0 Å². The van der Waals surface area contributed by atoms with E-state index in [-0.39, 0.29) is 12.1 Å². The number of nitrogens with one attached hydrogen (secondary N) is 2. The minimum absolute atomic E-state index is 0.0791. The number of para-hydroxylation sites is 1. The van der Waals surface area contributed by atoms with E-state index in [2.05, 4.69) is 20.6 Å². The summed E-state index contributed by atoms with van der Waals surface area (Å²) in [7, 11) is 0. The fraction of sp³-hybridized carbons (Fsp3) is 0.261. The van der Waals surface area contributed by atoms with Crippen LogP contribution in [-0.4, -0.2) is 20.9 Å². The van der Waals surface area contributed by atoms with E-state index in [1.54, 1.807) is 0 Å². The van der Waals surface area contributed by atoms with Gasteiger partial charge in [0.2, 0.25) is 5.95 Å². The van der Waals surface area contributed by atoms with Crippen molar-refractivity contribution in [1.29, 1.82) is 0 Å². The van der Waals surface area contributed by atoms with Crippen molar-refractivity contribution in [2.75, 3.05) is 5.32 Å². The molecule has 2 amide bonds. The molecule has 2 heterocycles. The third kappa shape index (κ3) is 3.78. The van der Waals surface area contributed by atoms with Gasteiger partial charge >= 0.3 is 6.03 Å². The van der Waals surface area contributed by atoms with E-state index in [4.69, 9.17) is 0 Å². The molecule has 0 saturated carbocycles. The first-order chi connectivity index (χ1) is 13.9. The molecule has 3 aromatic rings. The first-order valence-corrected chi connectivity index (χ1v) is 9.76. The SMILES string of the molecule is C[C@@H](NC(=O)N1Cc2nc(Nc3ccccc3)ncc2C1(C)C)c1ccccc1. The number of hydrogen-bond donors (Lipinski definition) is 2. The van der Waals surface area contributed by atoms with Gasteiger partial charge in [0, 0.05) is 17.4 Å². The molecule has 1 aliphatic heterocycles. The molecule has 148 valence electrons. The molecule has 6 heteroatoms. The minimum Gasteiger partial charge on any atom is -0.331 e. The highest BCUT2D eigenvalue weighted by Crippen LogP contribution is 2.38. The summed E-state index contributed by atoms with van der Waals surface area (Å²) in [6, 6.07) is 19.6. The molecule has 6 nitrogen and oxygen atoms in total. The van der Waals surface area contributed by atoms with Crippen molar-refractivity contribution in [3.8, 4) is 0 Å². The largest absolute Gasteiger partial charge is 0.331 e. The van der Waals surface area contributed by atoms with Crippen LogP contribution >= 0.6 is 0 Å². The van der Waals surface area contributed by atoms with Crippen LogP contribution in [0.3, 0.4) is 0 Å². The van der Waals surface area contributed by atoms with Crippen molar-refractivity contribution >= 4 is 17.7 Å². The van der Waals surface area contributed by atoms with Crippen LogP contribution in [0.5, 0.6) is 0 Å². The van der Waals surface area contributed by atoms with E-state index >= 15 is 0 Å². The lowest BCUT2D eigenvalue weighted by atomic mass is 9.97. The van der Waals surface area contributed by atoms with E-state index in [1.165, 1.54) is 0 Å². The molecule has 2 aromatic carbocycles. The van der Waals surface area contributed by atoms with Crippen LogP contribution in [0.4, 0.5) is 16.4 Å². The summed E-state index contributed by atoms with van der Waals surface area (Å²) < 4.78 is 0. The second kappa shape index (κ2) is 7.54. The second-order valence-corrected chi connectivity index (χ2v) is 7.77. The number of rotatable bonds is 4. The zero-order valence-electron chi connectivity index (χ0n) is 16.9. The number of hydrogen-bond acceptors (Lipinski definition) is 4. The van der Waals surface area contributed by atoms with Crippen molar-refractivity contribution in [3.05, 3.63) is 83.7 Å². The predicted octanol–water partition coefficient (Wildman–Crippen LogP) is 4.74. The van der Waals surface area contributed by atoms with Crippen LogP contribution in [0.2, 0.25) is 0 Å². The molecule has 4 rings (SSSR count). The Morgan fingerprint density at radius 3 is 2.41 bits per heavy atom. The molecule has 29 heavy (non-hydrogen) atoms. The topological polar surface area (TPSA) is 70.2 Å². The fourth-order valence-electron chi connectivity index (χ4n) is 3.67. The van der Waals surface area contributed by atoms with Gasteiger partial charge in [0.05, 0.1) is 23.8 Å². The monoisotopic (exact) mass is 387 g/mol. The molecule has 0 bridgehead atoms. The van der Waals surface area contributed by atoms with Gasteiger partial charge in [-0.25, -0.2) is 14.8 Å². The standard InChI is InChI=1S/C23H25N5O/c1-16(17-10-6-4-7-11-17)25-22(29)28-15-20-19(23(28,2)3)14-24-21(27-20)26-18-12-8-5-9-13-18/h4-14,16H,15H2,1-3H3,(H,25,29)(H,24,26,27)/t16-/m1/s1. The number of fused-ring (bicyclic) bond motifs is 1. The Hall–Kier alpha value is -3.41. The number of benzene rings is 2. The molecule has 2 N–H and O–H groups in total. The summed E-state index contributed by atoms with van der Waals surface area (Å²) in [6.45, 7) is 6.49. The molecule has 0 aliphatic carbocycles. The molecule has 0 unspecified atom stereocenters. The Morgan fingerprint density at radius 1 is 1.07 bits per heavy atom. The van der Waals surface area contributed by atoms with Gasteiger partial charge in [-0.05, 0) is 38.5 Å². The van der Waals surface area contributed by atoms with E-state index in [0.29, 0.717) is 12.5 Å². The van der Waals surface area contributed by atoms with Crippen LogP contribution in [-0.2, 0) is 12.1 Å². The number of carbonyl (C=O) groups excluding carboxylic acids is 1. The van der Waals surface area contributed by atoms with Crippen molar-refractivity contribution in [2.24, 2.45) is 0 Å². The van der Waals surface area contributed by atoms with Crippen molar-refractivity contribution < 1.29 is 4.79 Å². The Balaban J connectivity index is 1.51. The first kappa shape index (κ1) is 18.9. The quantitative estimate of drug-likeness (QED) is 0.678. The van der Waals surface area contributed by atoms with Crippen molar-refractivity contribution in [1.82, 2.24) is 20.2 Å². The van der Waals surface area contributed by atoms with Gasteiger partial charge in [0.25, 0.3) is 0 Å². The van der Waals surface area contributed by atoms with Crippen LogP contribution in [0.15, 0.2) is 66.9 Å². The van der Waals surface area contributed by atoms with Crippen LogP contribution in [0.1, 0.15) is 43.6 Å². The summed E-state index contributed by atoms with van der Waals surface area (Å²) in [5.41, 5.74) is 3.35. The van der Waals surface area contributed by atoms with Gasteiger partial charge in [0.1, 0.15) is 0 Å². The molecule has 0 spiro atoms. The summed E-state index contributed by atoms with van der Waals surface area (Å²) in [5, 5.41) is 6.32. The first-order valence-electron chi connectivity index (χ1n) is 9.76. The molecule has 0 saturated heterocycles. The Bertz CT molecular complexity index is 1000. The lowest BCUT2D eigenvalue weighted by Gasteiger charge is -2.33. The molecule has 1 aromatic heterocycles. The molecular formula is C23H25N5O. The highest BCUT2D eigenvalue weighted by Gasteiger charge is 2.42. The highest BCUT2D eigenvalue weighted by molar-refractivity contribution is 5.77. The number of anilines is 2. The van der Waals surface area contributed by atoms with Gasteiger partial charge in [-0.15, -0.1) is 0 Å². The average molecular weight is 387 g/mol. The molecule has 1 atom stereocenters. The van der Waals surface area contributed by atoms with E-state index in [0.717, 1.165) is 22.5 Å². The second-order valence-electron chi connectivity index (χ2n) is 7.77. The lowest BCUT2D eigenvalue weighted by molar-refractivity contribution is 0.142. The zero-order chi connectivity index (χ0) is 20.4. The van der Waals surface area contributed by atoms with Gasteiger partial charge in [-0.1, -0.05) is 48.5 Å².